The Balaban J connectivity index is 1.07. The van der Waals surface area contributed by atoms with Gasteiger partial charge in [0.05, 0.1) is 53.1 Å². The van der Waals surface area contributed by atoms with Crippen molar-refractivity contribution >= 4 is 22.8 Å². The predicted molar refractivity (Wildman–Crippen MR) is 160 cm³/mol. The second-order valence-electron chi connectivity index (χ2n) is 11.8. The Morgan fingerprint density at radius 3 is 2.66 bits per heavy atom. The molecule has 44 heavy (non-hydrogen) atoms. The van der Waals surface area contributed by atoms with E-state index in [9.17, 15) is 14.3 Å². The first-order valence-electron chi connectivity index (χ1n) is 15.1. The Labute approximate surface area is 254 Å². The average Bonchev–Trinajstić information content (AvgIpc) is 3.73. The largest absolute Gasteiger partial charge is 0.484 e. The van der Waals surface area contributed by atoms with Crippen LogP contribution >= 0.6 is 0 Å². The van der Waals surface area contributed by atoms with Gasteiger partial charge in [-0.3, -0.25) is 4.90 Å². The maximum atomic E-state index is 14.3. The van der Waals surface area contributed by atoms with Crippen molar-refractivity contribution < 1.29 is 23.8 Å². The lowest BCUT2D eigenvalue weighted by atomic mass is 10.1. The molecule has 0 amide bonds. The minimum absolute atomic E-state index is 0.0922. The summed E-state index contributed by atoms with van der Waals surface area (Å²) < 4.78 is 28.1. The molecular weight excluding hydrogens is 563 g/mol. The molecule has 3 aliphatic heterocycles. The molecule has 10 nitrogen and oxygen atoms in total. The smallest absolute Gasteiger partial charge is 0.335 e. The van der Waals surface area contributed by atoms with Gasteiger partial charge in [0, 0.05) is 31.8 Å². The molecule has 11 heteroatoms. The van der Waals surface area contributed by atoms with Gasteiger partial charge in [0.25, 0.3) is 0 Å². The van der Waals surface area contributed by atoms with Crippen molar-refractivity contribution in [2.24, 2.45) is 0 Å². The van der Waals surface area contributed by atoms with Gasteiger partial charge in [-0.15, -0.1) is 0 Å². The number of anilines is 1. The quantitative estimate of drug-likeness (QED) is 0.292. The van der Waals surface area contributed by atoms with Gasteiger partial charge in [0.2, 0.25) is 0 Å². The van der Waals surface area contributed by atoms with Crippen LogP contribution in [0.5, 0.6) is 5.75 Å². The fourth-order valence-electron chi connectivity index (χ4n) is 6.85. The SMILES string of the molecule is N#Cc1ccc(OCc2cccc(N3C4CCC3CN(Cc3nc5ccc(C(=O)O)cc5n3C[C@@H]3CCCO3)C4)n2)c(F)c1. The highest BCUT2D eigenvalue weighted by molar-refractivity contribution is 5.92. The number of halogens is 1. The number of rotatable bonds is 9. The van der Waals surface area contributed by atoms with E-state index in [1.165, 1.54) is 18.2 Å². The molecule has 226 valence electrons. The van der Waals surface area contributed by atoms with Crippen LogP contribution in [0.4, 0.5) is 10.2 Å². The zero-order chi connectivity index (χ0) is 30.2. The van der Waals surface area contributed by atoms with Crippen LogP contribution in [0.25, 0.3) is 11.0 Å². The summed E-state index contributed by atoms with van der Waals surface area (Å²) in [6.07, 6.45) is 4.25. The Morgan fingerprint density at radius 2 is 1.93 bits per heavy atom. The summed E-state index contributed by atoms with van der Waals surface area (Å²) in [5.74, 6) is 0.399. The monoisotopic (exact) mass is 596 g/mol. The van der Waals surface area contributed by atoms with Crippen molar-refractivity contribution in [2.45, 2.75) is 63.6 Å². The molecule has 3 saturated heterocycles. The molecule has 0 saturated carbocycles. The van der Waals surface area contributed by atoms with Crippen molar-refractivity contribution in [3.63, 3.8) is 0 Å². The molecule has 2 unspecified atom stereocenters. The van der Waals surface area contributed by atoms with Gasteiger partial charge in [0.15, 0.2) is 11.6 Å². The molecule has 2 aromatic heterocycles. The molecule has 2 aromatic carbocycles. The van der Waals surface area contributed by atoms with Gasteiger partial charge >= 0.3 is 5.97 Å². The third kappa shape index (κ3) is 5.58. The van der Waals surface area contributed by atoms with E-state index in [4.69, 9.17) is 24.7 Å². The summed E-state index contributed by atoms with van der Waals surface area (Å²) in [6, 6.07) is 17.7. The van der Waals surface area contributed by atoms with Crippen LogP contribution in [-0.2, 0) is 24.4 Å². The van der Waals surface area contributed by atoms with Crippen LogP contribution in [0.1, 0.15) is 53.1 Å². The number of hydrogen-bond donors (Lipinski definition) is 1. The number of carboxylic acids is 1. The number of hydrogen-bond acceptors (Lipinski definition) is 8. The number of carbonyl (C=O) groups is 1. The van der Waals surface area contributed by atoms with E-state index in [-0.39, 0.29) is 29.6 Å². The Bertz CT molecular complexity index is 1730. The minimum atomic E-state index is -0.948. The van der Waals surface area contributed by atoms with E-state index in [2.05, 4.69) is 14.4 Å². The highest BCUT2D eigenvalue weighted by atomic mass is 19.1. The summed E-state index contributed by atoms with van der Waals surface area (Å²) in [5, 5.41) is 18.6. The number of pyridine rings is 1. The van der Waals surface area contributed by atoms with Crippen molar-refractivity contribution in [2.75, 3.05) is 24.6 Å². The van der Waals surface area contributed by atoms with Crippen LogP contribution in [0.15, 0.2) is 54.6 Å². The number of carboxylic acid groups (broad SMARTS) is 1. The van der Waals surface area contributed by atoms with E-state index in [1.807, 2.05) is 24.3 Å². The Hall–Kier alpha value is -4.53. The first-order valence-corrected chi connectivity index (χ1v) is 15.1. The highest BCUT2D eigenvalue weighted by Gasteiger charge is 2.41. The van der Waals surface area contributed by atoms with Crippen molar-refractivity contribution in [1.82, 2.24) is 19.4 Å². The van der Waals surface area contributed by atoms with E-state index < -0.39 is 11.8 Å². The number of aromatic nitrogens is 3. The normalized spacial score (nSPS) is 21.5. The molecule has 3 atom stereocenters. The number of aromatic carboxylic acids is 1. The standard InChI is InChI=1S/C33H33FN6O4/c34-27-13-21(15-35)6-11-30(27)44-20-23-3-1-5-31(36-23)40-24-8-9-25(40)17-38(16-24)19-32-37-28-10-7-22(33(41)42)14-29(28)39(32)18-26-4-2-12-43-26/h1,3,5-7,10-11,13-14,24-26H,2,4,8-9,12,16-20H2,(H,41,42)/t24?,25?,26-/m0/s1. The maximum absolute atomic E-state index is 14.3. The zero-order valence-electron chi connectivity index (χ0n) is 24.2. The third-order valence-electron chi connectivity index (χ3n) is 8.90. The molecule has 0 aliphatic carbocycles. The summed E-state index contributed by atoms with van der Waals surface area (Å²) in [6.45, 7) is 3.93. The summed E-state index contributed by atoms with van der Waals surface area (Å²) in [7, 11) is 0. The van der Waals surface area contributed by atoms with E-state index >= 15 is 0 Å². The number of benzene rings is 2. The minimum Gasteiger partial charge on any atom is -0.484 e. The molecule has 0 spiro atoms. The highest BCUT2D eigenvalue weighted by Crippen LogP contribution is 2.35. The third-order valence-corrected chi connectivity index (χ3v) is 8.90. The van der Waals surface area contributed by atoms with Crippen LogP contribution in [0.3, 0.4) is 0 Å². The molecule has 4 aromatic rings. The van der Waals surface area contributed by atoms with Gasteiger partial charge in [-0.05, 0) is 74.2 Å². The van der Waals surface area contributed by atoms with Crippen molar-refractivity contribution in [3.05, 3.63) is 83.1 Å². The maximum Gasteiger partial charge on any atom is 0.335 e. The molecule has 1 N–H and O–H groups in total. The topological polar surface area (TPSA) is 117 Å². The van der Waals surface area contributed by atoms with Crippen LogP contribution in [-0.4, -0.2) is 68.4 Å². The van der Waals surface area contributed by atoms with Crippen LogP contribution < -0.4 is 9.64 Å². The molecule has 7 rings (SSSR count). The zero-order valence-corrected chi connectivity index (χ0v) is 24.2. The second-order valence-corrected chi connectivity index (χ2v) is 11.8. The van der Waals surface area contributed by atoms with Gasteiger partial charge in [-0.1, -0.05) is 6.07 Å². The van der Waals surface area contributed by atoms with E-state index in [0.29, 0.717) is 30.9 Å². The number of nitrogens with zero attached hydrogens (tertiary/aromatic N) is 6. The summed E-state index contributed by atoms with van der Waals surface area (Å²) in [4.78, 5) is 26.4. The Kier molecular flexibility index (Phi) is 7.62. The predicted octanol–water partition coefficient (Wildman–Crippen LogP) is 4.75. The van der Waals surface area contributed by atoms with Gasteiger partial charge in [-0.2, -0.15) is 5.26 Å². The lowest BCUT2D eigenvalue weighted by molar-refractivity contribution is 0.0697. The van der Waals surface area contributed by atoms with Crippen LogP contribution in [0, 0.1) is 17.1 Å². The van der Waals surface area contributed by atoms with Gasteiger partial charge < -0.3 is 24.0 Å². The van der Waals surface area contributed by atoms with E-state index in [0.717, 1.165) is 68.1 Å². The number of fused-ring (bicyclic) bond motifs is 3. The Morgan fingerprint density at radius 1 is 1.09 bits per heavy atom. The molecule has 5 heterocycles. The van der Waals surface area contributed by atoms with Crippen molar-refractivity contribution in [3.8, 4) is 11.8 Å². The average molecular weight is 597 g/mol. The number of imidazole rings is 1. The fourth-order valence-corrected chi connectivity index (χ4v) is 6.85. The first kappa shape index (κ1) is 28.3. The molecule has 3 aliphatic rings. The second kappa shape index (κ2) is 11.9. The van der Waals surface area contributed by atoms with Gasteiger partial charge in [-0.25, -0.2) is 19.2 Å². The number of ether oxygens (including phenoxy) is 2. The molecule has 2 bridgehead atoms. The molecule has 0 radical (unpaired) electrons. The van der Waals surface area contributed by atoms with E-state index in [1.54, 1.807) is 18.2 Å². The number of piperazine rings is 1. The van der Waals surface area contributed by atoms with Crippen LogP contribution in [0.2, 0.25) is 0 Å². The molecular formula is C33H33FN6O4. The number of likely N-dealkylation sites (tertiary alicyclic amines) is 1. The fraction of sp³-hybridized carbons (Fsp3) is 0.394. The summed E-state index contributed by atoms with van der Waals surface area (Å²) >= 11 is 0. The lowest BCUT2D eigenvalue weighted by Gasteiger charge is -2.41. The lowest BCUT2D eigenvalue weighted by Crippen LogP contribution is -2.54. The first-order chi connectivity index (χ1) is 21.4. The van der Waals surface area contributed by atoms with Gasteiger partial charge in [0.1, 0.15) is 18.2 Å². The van der Waals surface area contributed by atoms with Crippen molar-refractivity contribution in [1.29, 1.82) is 5.26 Å². The summed E-state index contributed by atoms with van der Waals surface area (Å²) in [5.41, 5.74) is 2.84. The molecule has 3 fully saturated rings. The number of nitriles is 1.